The van der Waals surface area contributed by atoms with Crippen molar-refractivity contribution in [3.8, 4) is 16.5 Å². The Bertz CT molecular complexity index is 1530. The van der Waals surface area contributed by atoms with Crippen LogP contribution in [-0.2, 0) is 28.8 Å². The van der Waals surface area contributed by atoms with Gasteiger partial charge in [-0.05, 0) is 54.5 Å². The molecule has 35 heavy (non-hydrogen) atoms. The standard InChI is InChI=1S/C28H23N3O3S/c1-3-22-16(2)25(20-10-6-7-11-23(20)30-22)28(33)34-15-24(32)31-27-21(14-29)19-13-12-17-8-4-5-9-18(17)26(19)35-27/h4-11H,3,12-13,15H2,1-2H3,(H,31,32). The molecule has 1 aliphatic rings. The molecule has 1 aliphatic carbocycles. The summed E-state index contributed by atoms with van der Waals surface area (Å²) in [5.41, 5.74) is 6.53. The first-order chi connectivity index (χ1) is 17.0. The third-order valence-corrected chi connectivity index (χ3v) is 7.57. The van der Waals surface area contributed by atoms with E-state index in [2.05, 4.69) is 22.4 Å². The lowest BCUT2D eigenvalue weighted by molar-refractivity contribution is -0.119. The van der Waals surface area contributed by atoms with Crippen LogP contribution in [-0.4, -0.2) is 23.5 Å². The van der Waals surface area contributed by atoms with Crippen LogP contribution in [0.25, 0.3) is 21.3 Å². The van der Waals surface area contributed by atoms with E-state index in [0.29, 0.717) is 27.9 Å². The number of nitriles is 1. The number of ether oxygens (including phenoxy) is 1. The van der Waals surface area contributed by atoms with E-state index in [1.807, 2.05) is 56.3 Å². The van der Waals surface area contributed by atoms with Crippen molar-refractivity contribution >= 4 is 39.1 Å². The topological polar surface area (TPSA) is 92.1 Å². The van der Waals surface area contributed by atoms with Gasteiger partial charge in [-0.3, -0.25) is 9.78 Å². The van der Waals surface area contributed by atoms with E-state index >= 15 is 0 Å². The van der Waals surface area contributed by atoms with Crippen LogP contribution in [0.4, 0.5) is 5.00 Å². The van der Waals surface area contributed by atoms with Gasteiger partial charge in [-0.2, -0.15) is 5.26 Å². The predicted octanol–water partition coefficient (Wildman–Crippen LogP) is 5.60. The number of anilines is 1. The SMILES string of the molecule is CCc1nc2ccccc2c(C(=O)OCC(=O)Nc2sc3c(c2C#N)CCc2ccccc2-3)c1C. The Hall–Kier alpha value is -4.02. The zero-order valence-corrected chi connectivity index (χ0v) is 20.3. The van der Waals surface area contributed by atoms with Crippen LogP contribution in [0.15, 0.2) is 48.5 Å². The Kier molecular flexibility index (Phi) is 6.06. The highest BCUT2D eigenvalue weighted by molar-refractivity contribution is 7.20. The van der Waals surface area contributed by atoms with Crippen molar-refractivity contribution in [1.29, 1.82) is 5.26 Å². The molecule has 2 aromatic carbocycles. The molecular formula is C28H23N3O3S. The van der Waals surface area contributed by atoms with Crippen LogP contribution in [0, 0.1) is 18.3 Å². The van der Waals surface area contributed by atoms with Gasteiger partial charge < -0.3 is 10.1 Å². The molecule has 6 nitrogen and oxygen atoms in total. The lowest BCUT2D eigenvalue weighted by Crippen LogP contribution is -2.21. The van der Waals surface area contributed by atoms with E-state index in [1.54, 1.807) is 0 Å². The van der Waals surface area contributed by atoms with Crippen LogP contribution in [0.5, 0.6) is 0 Å². The van der Waals surface area contributed by atoms with Gasteiger partial charge in [-0.1, -0.05) is 49.4 Å². The number of carbonyl (C=O) groups excluding carboxylic acids is 2. The van der Waals surface area contributed by atoms with Crippen molar-refractivity contribution in [3.05, 3.63) is 82.0 Å². The Morgan fingerprint density at radius 3 is 2.71 bits per heavy atom. The van der Waals surface area contributed by atoms with Gasteiger partial charge in [0.2, 0.25) is 0 Å². The van der Waals surface area contributed by atoms with Crippen LogP contribution in [0.3, 0.4) is 0 Å². The smallest absolute Gasteiger partial charge is 0.339 e. The minimum absolute atomic E-state index is 0.432. The third kappa shape index (κ3) is 4.07. The molecule has 0 spiro atoms. The molecule has 0 bridgehead atoms. The fourth-order valence-electron chi connectivity index (χ4n) is 4.68. The predicted molar refractivity (Wildman–Crippen MR) is 137 cm³/mol. The molecule has 0 saturated carbocycles. The number of benzene rings is 2. The van der Waals surface area contributed by atoms with E-state index in [9.17, 15) is 14.9 Å². The second-order valence-corrected chi connectivity index (χ2v) is 9.46. The van der Waals surface area contributed by atoms with Crippen molar-refractivity contribution in [2.24, 2.45) is 0 Å². The molecule has 1 N–H and O–H groups in total. The summed E-state index contributed by atoms with van der Waals surface area (Å²) in [5.74, 6) is -1.04. The molecule has 5 rings (SSSR count). The largest absolute Gasteiger partial charge is 0.452 e. The van der Waals surface area contributed by atoms with Crippen molar-refractivity contribution in [3.63, 3.8) is 0 Å². The zero-order valence-electron chi connectivity index (χ0n) is 19.5. The van der Waals surface area contributed by atoms with Gasteiger partial charge in [0, 0.05) is 16.0 Å². The maximum Gasteiger partial charge on any atom is 0.339 e. The number of hydrogen-bond acceptors (Lipinski definition) is 6. The van der Waals surface area contributed by atoms with Gasteiger partial charge in [-0.15, -0.1) is 11.3 Å². The number of amides is 1. The summed E-state index contributed by atoms with van der Waals surface area (Å²) in [4.78, 5) is 31.4. The molecule has 0 fully saturated rings. The summed E-state index contributed by atoms with van der Waals surface area (Å²) in [6, 6.07) is 17.8. The fourth-order valence-corrected chi connectivity index (χ4v) is 5.95. The van der Waals surface area contributed by atoms with Gasteiger partial charge in [-0.25, -0.2) is 4.79 Å². The second kappa shape index (κ2) is 9.32. The highest BCUT2D eigenvalue weighted by Crippen LogP contribution is 2.44. The van der Waals surface area contributed by atoms with E-state index in [4.69, 9.17) is 4.74 Å². The van der Waals surface area contributed by atoms with Gasteiger partial charge in [0.1, 0.15) is 11.1 Å². The molecule has 174 valence electrons. The molecule has 0 aliphatic heterocycles. The van der Waals surface area contributed by atoms with Crippen LogP contribution < -0.4 is 5.32 Å². The minimum Gasteiger partial charge on any atom is -0.452 e. The summed E-state index contributed by atoms with van der Waals surface area (Å²) in [6.07, 6.45) is 2.30. The second-order valence-electron chi connectivity index (χ2n) is 8.44. The lowest BCUT2D eigenvalue weighted by Gasteiger charge is -2.15. The number of pyridine rings is 1. The number of fused-ring (bicyclic) bond motifs is 4. The first kappa shape index (κ1) is 22.8. The highest BCUT2D eigenvalue weighted by atomic mass is 32.1. The van der Waals surface area contributed by atoms with Crippen molar-refractivity contribution < 1.29 is 14.3 Å². The van der Waals surface area contributed by atoms with Gasteiger partial charge in [0.25, 0.3) is 5.91 Å². The fraction of sp³-hybridized carbons (Fsp3) is 0.214. The van der Waals surface area contributed by atoms with Gasteiger partial charge in [0.05, 0.1) is 16.6 Å². The lowest BCUT2D eigenvalue weighted by atomic mass is 9.90. The number of nitrogens with zero attached hydrogens (tertiary/aromatic N) is 2. The number of para-hydroxylation sites is 1. The number of aryl methyl sites for hydroxylation is 2. The molecule has 0 unspecified atom stereocenters. The number of aromatic nitrogens is 1. The van der Waals surface area contributed by atoms with Gasteiger partial charge in [0.15, 0.2) is 6.61 Å². The van der Waals surface area contributed by atoms with Crippen molar-refractivity contribution in [2.75, 3.05) is 11.9 Å². The number of hydrogen-bond donors (Lipinski definition) is 1. The summed E-state index contributed by atoms with van der Waals surface area (Å²) >= 11 is 1.39. The number of rotatable bonds is 5. The molecule has 0 saturated heterocycles. The van der Waals surface area contributed by atoms with E-state index in [1.165, 1.54) is 16.9 Å². The van der Waals surface area contributed by atoms with Crippen LogP contribution in [0.2, 0.25) is 0 Å². The first-order valence-electron chi connectivity index (χ1n) is 11.5. The maximum absolute atomic E-state index is 13.0. The molecule has 2 aromatic heterocycles. The minimum atomic E-state index is -0.564. The average Bonchev–Trinajstić information content (AvgIpc) is 3.24. The summed E-state index contributed by atoms with van der Waals surface area (Å²) in [5, 5.41) is 13.8. The molecule has 0 radical (unpaired) electrons. The maximum atomic E-state index is 13.0. The first-order valence-corrected chi connectivity index (χ1v) is 12.3. The van der Waals surface area contributed by atoms with E-state index in [-0.39, 0.29) is 0 Å². The number of carbonyl (C=O) groups is 2. The Morgan fingerprint density at radius 1 is 1.14 bits per heavy atom. The number of nitrogens with one attached hydrogen (secondary N) is 1. The molecule has 4 aromatic rings. The monoisotopic (exact) mass is 481 g/mol. The van der Waals surface area contributed by atoms with Crippen molar-refractivity contribution in [2.45, 2.75) is 33.1 Å². The highest BCUT2D eigenvalue weighted by Gasteiger charge is 2.26. The van der Waals surface area contributed by atoms with E-state index in [0.717, 1.165) is 45.6 Å². The molecule has 7 heteroatoms. The normalized spacial score (nSPS) is 11.9. The zero-order chi connectivity index (χ0) is 24.5. The summed E-state index contributed by atoms with van der Waals surface area (Å²) in [7, 11) is 0. The quantitative estimate of drug-likeness (QED) is 0.375. The van der Waals surface area contributed by atoms with Crippen molar-refractivity contribution in [1.82, 2.24) is 4.98 Å². The molecular weight excluding hydrogens is 458 g/mol. The number of esters is 1. The van der Waals surface area contributed by atoms with Gasteiger partial charge >= 0.3 is 5.97 Å². The molecule has 1 amide bonds. The Balaban J connectivity index is 1.36. The van der Waals surface area contributed by atoms with Crippen LogP contribution >= 0.6 is 11.3 Å². The summed E-state index contributed by atoms with van der Waals surface area (Å²) in [6.45, 7) is 3.39. The third-order valence-electron chi connectivity index (χ3n) is 6.39. The Labute approximate surface area is 207 Å². The summed E-state index contributed by atoms with van der Waals surface area (Å²) < 4.78 is 5.43. The molecule has 2 heterocycles. The average molecular weight is 482 g/mol. The van der Waals surface area contributed by atoms with E-state index < -0.39 is 18.5 Å². The Morgan fingerprint density at radius 2 is 1.91 bits per heavy atom. The molecule has 0 atom stereocenters. The number of thiophene rings is 1. The van der Waals surface area contributed by atoms with Crippen LogP contribution in [0.1, 0.15) is 45.2 Å².